The van der Waals surface area contributed by atoms with Crippen molar-refractivity contribution in [2.45, 2.75) is 90.1 Å². The molecule has 0 bridgehead atoms. The van der Waals surface area contributed by atoms with E-state index in [1.807, 2.05) is 6.92 Å². The fourth-order valence-electron chi connectivity index (χ4n) is 4.41. The molecule has 178 valence electrons. The minimum atomic E-state index is -0.284. The summed E-state index contributed by atoms with van der Waals surface area (Å²) in [6.45, 7) is 1.82. The molecule has 0 saturated heterocycles. The van der Waals surface area contributed by atoms with Gasteiger partial charge >= 0.3 is 0 Å². The van der Waals surface area contributed by atoms with Gasteiger partial charge in [-0.3, -0.25) is 14.4 Å². The van der Waals surface area contributed by atoms with Crippen LogP contribution in [0.4, 0.5) is 5.69 Å². The van der Waals surface area contributed by atoms with Crippen molar-refractivity contribution >= 4 is 17.5 Å². The molecule has 0 aliphatic heterocycles. The summed E-state index contributed by atoms with van der Waals surface area (Å²) in [6, 6.07) is 10.3. The van der Waals surface area contributed by atoms with Gasteiger partial charge in [0.25, 0.3) is 11.5 Å². The van der Waals surface area contributed by atoms with Crippen LogP contribution < -0.4 is 16.2 Å². The summed E-state index contributed by atoms with van der Waals surface area (Å²) in [6.07, 6.45) is 15.2. The van der Waals surface area contributed by atoms with Crippen LogP contribution in [0, 0.1) is 6.92 Å². The number of hydrogen-bond donors (Lipinski definition) is 2. The molecule has 2 N–H and O–H groups in total. The van der Waals surface area contributed by atoms with Gasteiger partial charge in [0, 0.05) is 29.6 Å². The van der Waals surface area contributed by atoms with Crippen molar-refractivity contribution in [3.63, 3.8) is 0 Å². The summed E-state index contributed by atoms with van der Waals surface area (Å²) < 4.78 is 1.38. The Labute approximate surface area is 196 Å². The van der Waals surface area contributed by atoms with Crippen LogP contribution in [0.5, 0.6) is 0 Å². The highest BCUT2D eigenvalue weighted by molar-refractivity contribution is 5.95. The minimum absolute atomic E-state index is 0.0512. The van der Waals surface area contributed by atoms with Gasteiger partial charge in [0.05, 0.1) is 0 Å². The maximum absolute atomic E-state index is 12.8. The van der Waals surface area contributed by atoms with E-state index in [-0.39, 0.29) is 30.0 Å². The second kappa shape index (κ2) is 13.0. The molecule has 0 spiro atoms. The largest absolute Gasteiger partial charge is 0.349 e. The summed E-state index contributed by atoms with van der Waals surface area (Å²) in [5.74, 6) is -0.343. The zero-order valence-electron chi connectivity index (χ0n) is 19.8. The van der Waals surface area contributed by atoms with Crippen LogP contribution in [0.15, 0.2) is 47.4 Å². The van der Waals surface area contributed by atoms with Gasteiger partial charge in [-0.15, -0.1) is 0 Å². The van der Waals surface area contributed by atoms with Crippen LogP contribution in [0.1, 0.15) is 86.6 Å². The maximum Gasteiger partial charge on any atom is 0.251 e. The average molecular weight is 452 g/mol. The van der Waals surface area contributed by atoms with Gasteiger partial charge in [-0.25, -0.2) is 0 Å². The lowest BCUT2D eigenvalue weighted by atomic mass is 9.97. The molecule has 1 aliphatic carbocycles. The van der Waals surface area contributed by atoms with Gasteiger partial charge in [0.15, 0.2) is 0 Å². The number of rotatable bonds is 5. The van der Waals surface area contributed by atoms with Gasteiger partial charge in [-0.2, -0.15) is 0 Å². The third-order valence-electron chi connectivity index (χ3n) is 6.32. The van der Waals surface area contributed by atoms with Gasteiger partial charge in [0.1, 0.15) is 6.54 Å². The van der Waals surface area contributed by atoms with Crippen LogP contribution in [-0.4, -0.2) is 22.4 Å². The van der Waals surface area contributed by atoms with E-state index in [9.17, 15) is 14.4 Å². The van der Waals surface area contributed by atoms with Gasteiger partial charge in [0.2, 0.25) is 5.91 Å². The van der Waals surface area contributed by atoms with Crippen LogP contribution in [-0.2, 0) is 11.3 Å². The third-order valence-corrected chi connectivity index (χ3v) is 6.32. The molecule has 2 amide bonds. The van der Waals surface area contributed by atoms with E-state index < -0.39 is 0 Å². The van der Waals surface area contributed by atoms with Crippen molar-refractivity contribution in [3.05, 3.63) is 64.1 Å². The van der Waals surface area contributed by atoms with Gasteiger partial charge in [-0.05, 0) is 49.6 Å². The number of nitrogens with zero attached hydrogens (tertiary/aromatic N) is 1. The molecule has 3 rings (SSSR count). The number of aryl methyl sites for hydroxylation is 1. The van der Waals surface area contributed by atoms with Crippen molar-refractivity contribution < 1.29 is 9.59 Å². The number of anilines is 1. The summed E-state index contributed by atoms with van der Waals surface area (Å²) in [7, 11) is 0. The van der Waals surface area contributed by atoms with Crippen LogP contribution >= 0.6 is 0 Å². The molecule has 6 nitrogen and oxygen atoms in total. The van der Waals surface area contributed by atoms with E-state index in [0.29, 0.717) is 11.3 Å². The van der Waals surface area contributed by atoms with Crippen molar-refractivity contribution in [1.29, 1.82) is 0 Å². The quantitative estimate of drug-likeness (QED) is 0.656. The second-order valence-electron chi connectivity index (χ2n) is 9.23. The lowest BCUT2D eigenvalue weighted by molar-refractivity contribution is -0.116. The number of nitrogens with one attached hydrogen (secondary N) is 2. The fourth-order valence-corrected chi connectivity index (χ4v) is 4.41. The normalized spacial score (nSPS) is 16.3. The molecule has 2 aromatic rings. The zero-order chi connectivity index (χ0) is 23.5. The zero-order valence-corrected chi connectivity index (χ0v) is 19.8. The van der Waals surface area contributed by atoms with E-state index in [1.54, 1.807) is 36.5 Å². The molecular formula is C27H37N3O3. The maximum atomic E-state index is 12.8. The Kier molecular flexibility index (Phi) is 9.73. The Morgan fingerprint density at radius 2 is 1.42 bits per heavy atom. The second-order valence-corrected chi connectivity index (χ2v) is 9.23. The monoisotopic (exact) mass is 451 g/mol. The summed E-state index contributed by atoms with van der Waals surface area (Å²) >= 11 is 0. The van der Waals surface area contributed by atoms with E-state index >= 15 is 0 Å². The molecule has 1 aromatic carbocycles. The first kappa shape index (κ1) is 24.7. The molecule has 1 saturated carbocycles. The van der Waals surface area contributed by atoms with E-state index in [4.69, 9.17) is 0 Å². The first-order chi connectivity index (χ1) is 16.0. The lowest BCUT2D eigenvalue weighted by Gasteiger charge is -2.20. The number of pyridine rings is 1. The fraction of sp³-hybridized carbons (Fsp3) is 0.519. The molecule has 6 heteroatoms. The molecule has 1 fully saturated rings. The minimum Gasteiger partial charge on any atom is -0.349 e. The van der Waals surface area contributed by atoms with E-state index in [0.717, 1.165) is 18.4 Å². The molecule has 1 heterocycles. The van der Waals surface area contributed by atoms with Crippen LogP contribution in [0.25, 0.3) is 0 Å². The number of aromatic nitrogens is 1. The Balaban J connectivity index is 1.52. The summed E-state index contributed by atoms with van der Waals surface area (Å²) in [5, 5.41) is 6.02. The highest BCUT2D eigenvalue weighted by atomic mass is 16.2. The Morgan fingerprint density at radius 1 is 0.848 bits per heavy atom. The molecule has 33 heavy (non-hydrogen) atoms. The predicted octanol–water partition coefficient (Wildman–Crippen LogP) is 5.20. The Morgan fingerprint density at radius 3 is 2.03 bits per heavy atom. The van der Waals surface area contributed by atoms with Crippen molar-refractivity contribution in [3.8, 4) is 0 Å². The molecule has 0 radical (unpaired) electrons. The first-order valence-corrected chi connectivity index (χ1v) is 12.4. The average Bonchev–Trinajstić information content (AvgIpc) is 2.78. The van der Waals surface area contributed by atoms with E-state index in [1.165, 1.54) is 68.4 Å². The highest BCUT2D eigenvalue weighted by Gasteiger charge is 2.14. The molecule has 0 atom stereocenters. The first-order valence-electron chi connectivity index (χ1n) is 12.4. The Bertz CT molecular complexity index is 953. The standard InChI is InChI=1S/C27H37N3O3/c1-21-13-18-26(32)30(19-21)20-25(31)28-24-16-14-22(15-17-24)27(33)29-23-11-9-7-5-3-2-4-6-8-10-12-23/h13-19,23H,2-12,20H2,1H3,(H,28,31)(H,29,33). The Hall–Kier alpha value is -2.89. The SMILES string of the molecule is Cc1ccc(=O)n(CC(=O)Nc2ccc(C(=O)NC3CCCCCCCCCCC3)cc2)c1. The lowest BCUT2D eigenvalue weighted by Crippen LogP contribution is -2.35. The van der Waals surface area contributed by atoms with Crippen molar-refractivity contribution in [2.75, 3.05) is 5.32 Å². The number of carbonyl (C=O) groups is 2. The topological polar surface area (TPSA) is 80.2 Å². The molecular weight excluding hydrogens is 414 g/mol. The van der Waals surface area contributed by atoms with Crippen molar-refractivity contribution in [1.82, 2.24) is 9.88 Å². The van der Waals surface area contributed by atoms with Crippen LogP contribution in [0.3, 0.4) is 0 Å². The number of benzene rings is 1. The highest BCUT2D eigenvalue weighted by Crippen LogP contribution is 2.18. The van der Waals surface area contributed by atoms with Crippen molar-refractivity contribution in [2.24, 2.45) is 0 Å². The van der Waals surface area contributed by atoms with Crippen LogP contribution in [0.2, 0.25) is 0 Å². The molecule has 1 aromatic heterocycles. The number of carbonyl (C=O) groups excluding carboxylic acids is 2. The van der Waals surface area contributed by atoms with Gasteiger partial charge < -0.3 is 15.2 Å². The third kappa shape index (κ3) is 8.52. The number of amides is 2. The van der Waals surface area contributed by atoms with E-state index in [2.05, 4.69) is 10.6 Å². The molecule has 1 aliphatic rings. The summed E-state index contributed by atoms with van der Waals surface area (Å²) in [5.41, 5.74) is 1.89. The smallest absolute Gasteiger partial charge is 0.251 e. The predicted molar refractivity (Wildman–Crippen MR) is 133 cm³/mol. The number of hydrogen-bond acceptors (Lipinski definition) is 3. The van der Waals surface area contributed by atoms with Gasteiger partial charge in [-0.1, -0.05) is 63.9 Å². The summed E-state index contributed by atoms with van der Waals surface area (Å²) in [4.78, 5) is 37.0. The molecule has 0 unspecified atom stereocenters.